The zero-order valence-corrected chi connectivity index (χ0v) is 10.2. The van der Waals surface area contributed by atoms with Crippen molar-refractivity contribution < 1.29 is 12.8 Å². The molecule has 0 unspecified atom stereocenters. The SMILES string of the molecule is O=S(=O)(Cl)CCc1ccc(C2CC2)c(F)c1. The van der Waals surface area contributed by atoms with Gasteiger partial charge in [-0.15, -0.1) is 0 Å². The lowest BCUT2D eigenvalue weighted by Gasteiger charge is -2.04. The van der Waals surface area contributed by atoms with E-state index in [0.29, 0.717) is 11.5 Å². The standard InChI is InChI=1S/C11H12ClFO2S/c12-16(14,15)6-5-8-1-4-10(9-2-3-9)11(13)7-8/h1,4,7,9H,2-3,5-6H2. The first kappa shape index (κ1) is 11.9. The molecule has 0 N–H and O–H groups in total. The van der Waals surface area contributed by atoms with Crippen molar-refractivity contribution in [2.75, 3.05) is 5.75 Å². The normalized spacial score (nSPS) is 16.4. The molecule has 0 aromatic heterocycles. The van der Waals surface area contributed by atoms with E-state index in [2.05, 4.69) is 0 Å². The minimum absolute atomic E-state index is 0.156. The second-order valence-corrected chi connectivity index (χ2v) is 7.02. The van der Waals surface area contributed by atoms with Crippen molar-refractivity contribution in [1.29, 1.82) is 0 Å². The summed E-state index contributed by atoms with van der Waals surface area (Å²) < 4.78 is 35.1. The Kier molecular flexibility index (Phi) is 3.22. The fourth-order valence-corrected chi connectivity index (χ4v) is 2.40. The van der Waals surface area contributed by atoms with E-state index in [4.69, 9.17) is 10.7 Å². The minimum Gasteiger partial charge on any atom is -0.212 e. The van der Waals surface area contributed by atoms with Crippen LogP contribution < -0.4 is 0 Å². The topological polar surface area (TPSA) is 34.1 Å². The molecule has 1 fully saturated rings. The summed E-state index contributed by atoms with van der Waals surface area (Å²) >= 11 is 0. The average molecular weight is 263 g/mol. The van der Waals surface area contributed by atoms with E-state index in [0.717, 1.165) is 18.4 Å². The summed E-state index contributed by atoms with van der Waals surface area (Å²) in [5, 5.41) is 0. The van der Waals surface area contributed by atoms with Crippen LogP contribution in [0.1, 0.15) is 29.9 Å². The Hall–Kier alpha value is -0.610. The summed E-state index contributed by atoms with van der Waals surface area (Å²) in [5.41, 5.74) is 1.42. The second-order valence-electron chi connectivity index (χ2n) is 4.12. The molecule has 0 atom stereocenters. The van der Waals surface area contributed by atoms with E-state index < -0.39 is 9.05 Å². The summed E-state index contributed by atoms with van der Waals surface area (Å²) in [6.45, 7) is 0. The van der Waals surface area contributed by atoms with Gasteiger partial charge in [-0.1, -0.05) is 12.1 Å². The molecule has 0 aliphatic heterocycles. The summed E-state index contributed by atoms with van der Waals surface area (Å²) in [5.74, 6) is -0.0191. The van der Waals surface area contributed by atoms with Crippen molar-refractivity contribution in [1.82, 2.24) is 0 Å². The minimum atomic E-state index is -3.50. The maximum absolute atomic E-state index is 13.6. The number of hydrogen-bond acceptors (Lipinski definition) is 2. The molecule has 0 amide bonds. The van der Waals surface area contributed by atoms with E-state index in [1.807, 2.05) is 0 Å². The second kappa shape index (κ2) is 4.34. The fraction of sp³-hybridized carbons (Fsp3) is 0.455. The molecule has 2 rings (SSSR count). The van der Waals surface area contributed by atoms with Gasteiger partial charge in [-0.2, -0.15) is 0 Å². The van der Waals surface area contributed by atoms with Crippen LogP contribution in [0.25, 0.3) is 0 Å². The number of benzene rings is 1. The Labute approximate surface area is 98.8 Å². The Morgan fingerprint density at radius 1 is 1.38 bits per heavy atom. The molecular weight excluding hydrogens is 251 g/mol. The Morgan fingerprint density at radius 2 is 2.06 bits per heavy atom. The largest absolute Gasteiger partial charge is 0.232 e. The molecule has 1 aromatic rings. The van der Waals surface area contributed by atoms with Crippen molar-refractivity contribution in [2.45, 2.75) is 25.2 Å². The monoisotopic (exact) mass is 262 g/mol. The number of rotatable bonds is 4. The van der Waals surface area contributed by atoms with Gasteiger partial charge in [0, 0.05) is 10.7 Å². The molecule has 5 heteroatoms. The highest BCUT2D eigenvalue weighted by Crippen LogP contribution is 2.41. The van der Waals surface area contributed by atoms with Gasteiger partial charge in [-0.25, -0.2) is 12.8 Å². The summed E-state index contributed by atoms with van der Waals surface area (Å²) in [7, 11) is 1.59. The Morgan fingerprint density at radius 3 is 2.56 bits per heavy atom. The maximum atomic E-state index is 13.6. The zero-order valence-electron chi connectivity index (χ0n) is 8.62. The van der Waals surface area contributed by atoms with Crippen LogP contribution in [0.2, 0.25) is 0 Å². The van der Waals surface area contributed by atoms with Gasteiger partial charge in [0.15, 0.2) is 0 Å². The number of hydrogen-bond donors (Lipinski definition) is 0. The van der Waals surface area contributed by atoms with E-state index >= 15 is 0 Å². The third-order valence-corrected chi connectivity index (χ3v) is 3.87. The smallest absolute Gasteiger partial charge is 0.212 e. The van der Waals surface area contributed by atoms with Gasteiger partial charge in [0.2, 0.25) is 9.05 Å². The van der Waals surface area contributed by atoms with E-state index in [9.17, 15) is 12.8 Å². The number of halogens is 2. The van der Waals surface area contributed by atoms with Gasteiger partial charge in [0.05, 0.1) is 5.75 Å². The van der Waals surface area contributed by atoms with Crippen LogP contribution in [-0.4, -0.2) is 14.2 Å². The molecule has 0 heterocycles. The van der Waals surface area contributed by atoms with Crippen LogP contribution in [0.5, 0.6) is 0 Å². The average Bonchev–Trinajstić information content (AvgIpc) is 2.97. The predicted octanol–water partition coefficient (Wildman–Crippen LogP) is 2.81. The van der Waals surface area contributed by atoms with Gasteiger partial charge < -0.3 is 0 Å². The molecular formula is C11H12ClFO2S. The van der Waals surface area contributed by atoms with Gasteiger partial charge >= 0.3 is 0 Å². The molecule has 88 valence electrons. The fourth-order valence-electron chi connectivity index (χ4n) is 1.69. The highest BCUT2D eigenvalue weighted by molar-refractivity contribution is 8.13. The van der Waals surface area contributed by atoms with E-state index in [1.54, 1.807) is 12.1 Å². The zero-order chi connectivity index (χ0) is 11.8. The van der Waals surface area contributed by atoms with Crippen LogP contribution in [0, 0.1) is 5.82 Å². The molecule has 1 aromatic carbocycles. The number of aryl methyl sites for hydroxylation is 1. The van der Waals surface area contributed by atoms with Crippen molar-refractivity contribution in [3.05, 3.63) is 35.1 Å². The first-order chi connectivity index (χ1) is 7.46. The van der Waals surface area contributed by atoms with E-state index in [-0.39, 0.29) is 18.0 Å². The van der Waals surface area contributed by atoms with Gasteiger partial charge in [0.1, 0.15) is 5.82 Å². The molecule has 2 nitrogen and oxygen atoms in total. The van der Waals surface area contributed by atoms with Crippen LogP contribution in [0.4, 0.5) is 4.39 Å². The first-order valence-electron chi connectivity index (χ1n) is 5.16. The lowest BCUT2D eigenvalue weighted by molar-refractivity contribution is 0.604. The van der Waals surface area contributed by atoms with Crippen LogP contribution >= 0.6 is 10.7 Å². The van der Waals surface area contributed by atoms with Gasteiger partial charge in [-0.05, 0) is 42.4 Å². The highest BCUT2D eigenvalue weighted by atomic mass is 35.7. The third-order valence-electron chi connectivity index (χ3n) is 2.72. The van der Waals surface area contributed by atoms with Gasteiger partial charge in [-0.3, -0.25) is 0 Å². The summed E-state index contributed by atoms with van der Waals surface area (Å²) in [6, 6.07) is 4.94. The molecule has 1 aliphatic carbocycles. The summed E-state index contributed by atoms with van der Waals surface area (Å²) in [6.07, 6.45) is 2.35. The van der Waals surface area contributed by atoms with Crippen molar-refractivity contribution in [2.24, 2.45) is 0 Å². The summed E-state index contributed by atoms with van der Waals surface area (Å²) in [4.78, 5) is 0. The lowest BCUT2D eigenvalue weighted by Crippen LogP contribution is -2.02. The first-order valence-corrected chi connectivity index (χ1v) is 7.64. The Balaban J connectivity index is 2.09. The quantitative estimate of drug-likeness (QED) is 0.782. The molecule has 0 radical (unpaired) electrons. The van der Waals surface area contributed by atoms with Gasteiger partial charge in [0.25, 0.3) is 0 Å². The van der Waals surface area contributed by atoms with Crippen LogP contribution in [0.15, 0.2) is 18.2 Å². The Bertz CT molecular complexity index is 495. The molecule has 0 bridgehead atoms. The predicted molar refractivity (Wildman–Crippen MR) is 61.7 cm³/mol. The molecule has 0 saturated heterocycles. The van der Waals surface area contributed by atoms with Crippen LogP contribution in [0.3, 0.4) is 0 Å². The van der Waals surface area contributed by atoms with Crippen molar-refractivity contribution >= 4 is 19.7 Å². The molecule has 16 heavy (non-hydrogen) atoms. The third kappa shape index (κ3) is 3.19. The maximum Gasteiger partial charge on any atom is 0.232 e. The lowest BCUT2D eigenvalue weighted by atomic mass is 10.1. The highest BCUT2D eigenvalue weighted by Gasteiger charge is 2.26. The van der Waals surface area contributed by atoms with Crippen LogP contribution in [-0.2, 0) is 15.5 Å². The van der Waals surface area contributed by atoms with Crippen molar-refractivity contribution in [3.8, 4) is 0 Å². The molecule has 0 spiro atoms. The molecule has 1 saturated carbocycles. The molecule has 1 aliphatic rings. The van der Waals surface area contributed by atoms with E-state index in [1.165, 1.54) is 6.07 Å². The van der Waals surface area contributed by atoms with Crippen molar-refractivity contribution in [3.63, 3.8) is 0 Å².